The van der Waals surface area contributed by atoms with Crippen LogP contribution < -0.4 is 16.4 Å². The zero-order chi connectivity index (χ0) is 22.3. The Labute approximate surface area is 173 Å². The van der Waals surface area contributed by atoms with Gasteiger partial charge in [-0.25, -0.2) is 4.79 Å². The molecule has 0 aromatic carbocycles. The lowest BCUT2D eigenvalue weighted by Crippen LogP contribution is -2.59. The predicted octanol–water partition coefficient (Wildman–Crippen LogP) is -1.58. The van der Waals surface area contributed by atoms with Crippen LogP contribution in [-0.4, -0.2) is 81.2 Å². The first-order valence-corrected chi connectivity index (χ1v) is 9.85. The number of nitrogens with one attached hydrogen (secondary N) is 2. The number of likely N-dealkylation sites (tertiary alicyclic amines) is 1. The first-order valence-electron chi connectivity index (χ1n) is 9.21. The van der Waals surface area contributed by atoms with Gasteiger partial charge in [0, 0.05) is 12.3 Å². The molecule has 0 aromatic heterocycles. The highest BCUT2D eigenvalue weighted by molar-refractivity contribution is 7.80. The van der Waals surface area contributed by atoms with Gasteiger partial charge in [-0.05, 0) is 18.8 Å². The molecule has 12 heteroatoms. The minimum Gasteiger partial charge on any atom is -0.481 e. The minimum absolute atomic E-state index is 0.0648. The zero-order valence-electron chi connectivity index (χ0n) is 16.3. The van der Waals surface area contributed by atoms with Gasteiger partial charge in [0.05, 0.1) is 12.5 Å². The van der Waals surface area contributed by atoms with E-state index in [-0.39, 0.29) is 18.2 Å². The largest absolute Gasteiger partial charge is 0.481 e. The Kier molecular flexibility index (Phi) is 9.37. The molecule has 1 aliphatic rings. The number of carboxylic acid groups (broad SMARTS) is 2. The van der Waals surface area contributed by atoms with Crippen LogP contribution in [0.5, 0.6) is 0 Å². The average Bonchev–Trinajstić information content (AvgIpc) is 3.12. The fourth-order valence-electron chi connectivity index (χ4n) is 3.01. The highest BCUT2D eigenvalue weighted by Crippen LogP contribution is 2.19. The molecule has 1 saturated heterocycles. The van der Waals surface area contributed by atoms with Gasteiger partial charge < -0.3 is 31.5 Å². The number of thiol groups is 1. The summed E-state index contributed by atoms with van der Waals surface area (Å²) in [7, 11) is 0. The maximum atomic E-state index is 12.7. The third-order valence-corrected chi connectivity index (χ3v) is 4.96. The molecule has 4 unspecified atom stereocenters. The van der Waals surface area contributed by atoms with E-state index >= 15 is 0 Å². The smallest absolute Gasteiger partial charge is 0.326 e. The lowest BCUT2D eigenvalue weighted by molar-refractivity contribution is -0.149. The summed E-state index contributed by atoms with van der Waals surface area (Å²) < 4.78 is 0. The standard InChI is InChI=1S/C17H28N4O7S/c1-8(2)13(20-14(24)9(18)6-12(22)23)15(25)19-10(7-29)16(26)21-5-3-4-11(21)17(27)28/h8-11,13,29H,3-7,18H2,1-2H3,(H,19,25)(H,20,24)(H,22,23)(H,27,28). The molecule has 164 valence electrons. The maximum Gasteiger partial charge on any atom is 0.326 e. The first kappa shape index (κ1) is 24.7. The highest BCUT2D eigenvalue weighted by atomic mass is 32.1. The lowest BCUT2D eigenvalue weighted by Gasteiger charge is -2.29. The molecule has 1 fully saturated rings. The zero-order valence-corrected chi connectivity index (χ0v) is 17.2. The quantitative estimate of drug-likeness (QED) is 0.224. The maximum absolute atomic E-state index is 12.7. The summed E-state index contributed by atoms with van der Waals surface area (Å²) in [6.45, 7) is 3.59. The normalized spacial score (nSPS) is 19.3. The number of hydrogen-bond acceptors (Lipinski definition) is 7. The average molecular weight is 432 g/mol. The molecule has 0 bridgehead atoms. The molecule has 3 amide bonds. The van der Waals surface area contributed by atoms with Crippen molar-refractivity contribution in [2.45, 2.75) is 57.3 Å². The molecule has 1 aliphatic heterocycles. The van der Waals surface area contributed by atoms with Gasteiger partial charge in [0.15, 0.2) is 0 Å². The van der Waals surface area contributed by atoms with Crippen molar-refractivity contribution < 1.29 is 34.2 Å². The van der Waals surface area contributed by atoms with Crippen LogP contribution in [-0.2, 0) is 24.0 Å². The number of hydrogen-bond donors (Lipinski definition) is 6. The number of amides is 3. The second-order valence-electron chi connectivity index (χ2n) is 7.21. The van der Waals surface area contributed by atoms with E-state index in [0.29, 0.717) is 12.8 Å². The Morgan fingerprint density at radius 1 is 1.14 bits per heavy atom. The summed E-state index contributed by atoms with van der Waals surface area (Å²) in [5, 5.41) is 22.9. The van der Waals surface area contributed by atoms with Gasteiger partial charge in [0.1, 0.15) is 18.1 Å². The Morgan fingerprint density at radius 2 is 1.76 bits per heavy atom. The van der Waals surface area contributed by atoms with Crippen LogP contribution in [0, 0.1) is 5.92 Å². The molecule has 1 heterocycles. The highest BCUT2D eigenvalue weighted by Gasteiger charge is 2.38. The van der Waals surface area contributed by atoms with E-state index in [9.17, 15) is 29.1 Å². The summed E-state index contributed by atoms with van der Waals surface area (Å²) in [4.78, 5) is 60.6. The molecule has 0 saturated carbocycles. The van der Waals surface area contributed by atoms with Crippen LogP contribution in [0.4, 0.5) is 0 Å². The summed E-state index contributed by atoms with van der Waals surface area (Å²) in [5.41, 5.74) is 5.52. The molecule has 11 nitrogen and oxygen atoms in total. The van der Waals surface area contributed by atoms with Crippen molar-refractivity contribution in [3.8, 4) is 0 Å². The van der Waals surface area contributed by atoms with Gasteiger partial charge in [-0.3, -0.25) is 19.2 Å². The van der Waals surface area contributed by atoms with E-state index in [0.717, 1.165) is 0 Å². The van der Waals surface area contributed by atoms with Gasteiger partial charge in [0.25, 0.3) is 0 Å². The van der Waals surface area contributed by atoms with Crippen LogP contribution in [0.15, 0.2) is 0 Å². The van der Waals surface area contributed by atoms with E-state index in [2.05, 4.69) is 23.3 Å². The predicted molar refractivity (Wildman–Crippen MR) is 105 cm³/mol. The molecule has 6 N–H and O–H groups in total. The second-order valence-corrected chi connectivity index (χ2v) is 7.57. The van der Waals surface area contributed by atoms with Crippen molar-refractivity contribution in [2.75, 3.05) is 12.3 Å². The molecule has 4 atom stereocenters. The Balaban J connectivity index is 2.83. The first-order chi connectivity index (χ1) is 13.5. The van der Waals surface area contributed by atoms with Crippen molar-refractivity contribution in [2.24, 2.45) is 11.7 Å². The molecule has 0 radical (unpaired) electrons. The number of carbonyl (C=O) groups excluding carboxylic acids is 3. The summed E-state index contributed by atoms with van der Waals surface area (Å²) in [6, 6.07) is -4.41. The van der Waals surface area contributed by atoms with Crippen molar-refractivity contribution in [1.29, 1.82) is 0 Å². The Bertz CT molecular complexity index is 658. The third-order valence-electron chi connectivity index (χ3n) is 4.60. The van der Waals surface area contributed by atoms with Crippen LogP contribution in [0.1, 0.15) is 33.1 Å². The molecule has 0 aliphatic carbocycles. The van der Waals surface area contributed by atoms with Crippen LogP contribution in [0.2, 0.25) is 0 Å². The van der Waals surface area contributed by atoms with Gasteiger partial charge in [-0.2, -0.15) is 12.6 Å². The van der Waals surface area contributed by atoms with E-state index < -0.39 is 60.2 Å². The van der Waals surface area contributed by atoms with Gasteiger partial charge in [-0.15, -0.1) is 0 Å². The molecule has 29 heavy (non-hydrogen) atoms. The van der Waals surface area contributed by atoms with E-state index in [1.54, 1.807) is 13.8 Å². The number of aliphatic carboxylic acids is 2. The van der Waals surface area contributed by atoms with Crippen molar-refractivity contribution in [1.82, 2.24) is 15.5 Å². The molecule has 0 spiro atoms. The SMILES string of the molecule is CC(C)C(NC(=O)C(N)CC(=O)O)C(=O)NC(CS)C(=O)N1CCCC1C(=O)O. The number of nitrogens with two attached hydrogens (primary N) is 1. The number of carbonyl (C=O) groups is 5. The minimum atomic E-state index is -1.33. The van der Waals surface area contributed by atoms with Gasteiger partial charge in [0.2, 0.25) is 17.7 Å². The molecule has 1 rings (SSSR count). The Hall–Kier alpha value is -2.34. The molecular formula is C17H28N4O7S. The van der Waals surface area contributed by atoms with E-state index in [1.165, 1.54) is 4.90 Å². The lowest BCUT2D eigenvalue weighted by atomic mass is 10.0. The number of rotatable bonds is 10. The second kappa shape index (κ2) is 11.0. The topological polar surface area (TPSA) is 179 Å². The van der Waals surface area contributed by atoms with Crippen LogP contribution in [0.25, 0.3) is 0 Å². The van der Waals surface area contributed by atoms with E-state index in [4.69, 9.17) is 10.8 Å². The van der Waals surface area contributed by atoms with Crippen molar-refractivity contribution in [3.63, 3.8) is 0 Å². The van der Waals surface area contributed by atoms with E-state index in [1.807, 2.05) is 0 Å². The summed E-state index contributed by atoms with van der Waals surface area (Å²) in [5.74, 6) is -4.85. The molecule has 0 aromatic rings. The number of carboxylic acids is 2. The van der Waals surface area contributed by atoms with Gasteiger partial charge in [-0.1, -0.05) is 13.8 Å². The van der Waals surface area contributed by atoms with Crippen LogP contribution in [0.3, 0.4) is 0 Å². The Morgan fingerprint density at radius 3 is 2.24 bits per heavy atom. The van der Waals surface area contributed by atoms with Crippen molar-refractivity contribution >= 4 is 42.3 Å². The monoisotopic (exact) mass is 432 g/mol. The molecular weight excluding hydrogens is 404 g/mol. The fourth-order valence-corrected chi connectivity index (χ4v) is 3.26. The third kappa shape index (κ3) is 6.89. The summed E-state index contributed by atoms with van der Waals surface area (Å²) in [6.07, 6.45) is 0.282. The van der Waals surface area contributed by atoms with Gasteiger partial charge >= 0.3 is 11.9 Å². The number of nitrogens with zero attached hydrogens (tertiary/aromatic N) is 1. The summed E-state index contributed by atoms with van der Waals surface area (Å²) >= 11 is 4.08. The van der Waals surface area contributed by atoms with Crippen molar-refractivity contribution in [3.05, 3.63) is 0 Å². The van der Waals surface area contributed by atoms with Crippen LogP contribution >= 0.6 is 12.6 Å². The fraction of sp³-hybridized carbons (Fsp3) is 0.706.